The molecule has 0 N–H and O–H groups in total. The van der Waals surface area contributed by atoms with E-state index in [0.717, 1.165) is 24.0 Å². The van der Waals surface area contributed by atoms with Gasteiger partial charge >= 0.3 is 0 Å². The lowest BCUT2D eigenvalue weighted by Crippen LogP contribution is -2.53. The van der Waals surface area contributed by atoms with Gasteiger partial charge in [-0.15, -0.1) is 0 Å². The van der Waals surface area contributed by atoms with Crippen LogP contribution in [-0.4, -0.2) is 18.5 Å². The fourth-order valence-electron chi connectivity index (χ4n) is 3.12. The molecule has 0 unspecified atom stereocenters. The van der Waals surface area contributed by atoms with Gasteiger partial charge in [0.05, 0.1) is 19.3 Å². The van der Waals surface area contributed by atoms with Crippen LogP contribution in [0.4, 0.5) is 0 Å². The third-order valence-corrected chi connectivity index (χ3v) is 4.25. The molecule has 0 saturated carbocycles. The molecule has 0 radical (unpaired) electrons. The van der Waals surface area contributed by atoms with Crippen molar-refractivity contribution < 1.29 is 19.2 Å². The normalized spacial score (nSPS) is 41.9. The number of ether oxygens (including phenoxy) is 2. The van der Waals surface area contributed by atoms with Crippen LogP contribution in [0.25, 0.3) is 0 Å². The van der Waals surface area contributed by atoms with Crippen molar-refractivity contribution in [3.63, 3.8) is 0 Å². The lowest BCUT2D eigenvalue weighted by atomic mass is 9.82. The van der Waals surface area contributed by atoms with Crippen molar-refractivity contribution in [2.24, 2.45) is 0 Å². The zero-order valence-electron chi connectivity index (χ0n) is 10.3. The third-order valence-electron chi connectivity index (χ3n) is 4.25. The van der Waals surface area contributed by atoms with Crippen LogP contribution >= 0.6 is 0 Å². The van der Waals surface area contributed by atoms with Gasteiger partial charge in [0.15, 0.2) is 11.4 Å². The molecule has 96 valence electrons. The number of fused-ring (bicyclic) bond motifs is 4. The molecule has 1 aromatic rings. The molecule has 3 saturated heterocycles. The molecule has 5 rings (SSSR count). The van der Waals surface area contributed by atoms with Crippen LogP contribution in [-0.2, 0) is 31.5 Å². The summed E-state index contributed by atoms with van der Waals surface area (Å²) in [6.45, 7) is 3.05. The number of hydrogen-bond donors (Lipinski definition) is 0. The van der Waals surface area contributed by atoms with E-state index in [4.69, 9.17) is 19.2 Å². The fraction of sp³-hybridized carbons (Fsp3) is 0.571. The van der Waals surface area contributed by atoms with Crippen LogP contribution in [0.5, 0.6) is 0 Å². The average Bonchev–Trinajstić information content (AvgIpc) is 2.65. The Kier molecular flexibility index (Phi) is 2.15. The zero-order valence-corrected chi connectivity index (χ0v) is 10.3. The minimum atomic E-state index is -0.624. The van der Waals surface area contributed by atoms with Crippen LogP contribution in [0.2, 0.25) is 0 Å². The van der Waals surface area contributed by atoms with Gasteiger partial charge in [0.1, 0.15) is 0 Å². The smallest absolute Gasteiger partial charge is 0.198 e. The predicted molar refractivity (Wildman–Crippen MR) is 62.5 cm³/mol. The molecule has 4 aliphatic rings. The standard InChI is InChI=1S/C14H16O4/c1-13-7-6-12-14(9-16-13,18-17-13)11-5-3-2-4-10(11)8-15-12/h2-5,12H,6-9H2,1H3/t12-,13-,14+/m1/s1. The lowest BCUT2D eigenvalue weighted by molar-refractivity contribution is -0.513. The Morgan fingerprint density at radius 1 is 1.22 bits per heavy atom. The fourth-order valence-corrected chi connectivity index (χ4v) is 3.12. The highest BCUT2D eigenvalue weighted by Crippen LogP contribution is 2.48. The summed E-state index contributed by atoms with van der Waals surface area (Å²) in [5.41, 5.74) is 1.71. The summed E-state index contributed by atoms with van der Waals surface area (Å²) in [6, 6.07) is 8.20. The van der Waals surface area contributed by atoms with Gasteiger partial charge in [-0.1, -0.05) is 24.3 Å². The third kappa shape index (κ3) is 1.34. The van der Waals surface area contributed by atoms with Crippen LogP contribution in [0.3, 0.4) is 0 Å². The van der Waals surface area contributed by atoms with E-state index in [-0.39, 0.29) is 6.10 Å². The van der Waals surface area contributed by atoms with E-state index in [9.17, 15) is 0 Å². The molecule has 18 heavy (non-hydrogen) atoms. The Labute approximate surface area is 106 Å². The van der Waals surface area contributed by atoms with E-state index >= 15 is 0 Å². The highest BCUT2D eigenvalue weighted by atomic mass is 17.3. The molecule has 4 heteroatoms. The van der Waals surface area contributed by atoms with Crippen molar-refractivity contribution in [2.75, 3.05) is 6.61 Å². The molecular weight excluding hydrogens is 232 g/mol. The predicted octanol–water partition coefficient (Wildman–Crippen LogP) is 2.27. The van der Waals surface area contributed by atoms with Crippen molar-refractivity contribution in [1.82, 2.24) is 0 Å². The summed E-state index contributed by atoms with van der Waals surface area (Å²) in [7, 11) is 0. The number of rotatable bonds is 0. The van der Waals surface area contributed by atoms with Gasteiger partial charge in [0.2, 0.25) is 0 Å². The Morgan fingerprint density at radius 3 is 2.94 bits per heavy atom. The molecule has 0 aliphatic carbocycles. The topological polar surface area (TPSA) is 36.9 Å². The molecular formula is C14H16O4. The lowest BCUT2D eigenvalue weighted by Gasteiger charge is -2.45. The summed E-state index contributed by atoms with van der Waals surface area (Å²) in [5.74, 6) is -0.624. The molecule has 4 nitrogen and oxygen atoms in total. The number of benzene rings is 1. The Balaban J connectivity index is 1.85. The zero-order chi connectivity index (χ0) is 12.2. The maximum atomic E-state index is 5.97. The van der Waals surface area contributed by atoms with Gasteiger partial charge in [-0.25, -0.2) is 9.78 Å². The maximum Gasteiger partial charge on any atom is 0.198 e. The second-order valence-corrected chi connectivity index (χ2v) is 5.47. The van der Waals surface area contributed by atoms with Crippen LogP contribution in [0, 0.1) is 0 Å². The molecule has 4 aliphatic heterocycles. The second kappa shape index (κ2) is 3.54. The molecule has 2 bridgehead atoms. The van der Waals surface area contributed by atoms with Crippen molar-refractivity contribution >= 4 is 0 Å². The van der Waals surface area contributed by atoms with Crippen LogP contribution in [0.1, 0.15) is 30.9 Å². The minimum absolute atomic E-state index is 0.0109. The Hall–Kier alpha value is -0.940. The van der Waals surface area contributed by atoms with Gasteiger partial charge < -0.3 is 9.47 Å². The Bertz CT molecular complexity index is 476. The van der Waals surface area contributed by atoms with E-state index in [1.807, 2.05) is 19.1 Å². The first-order valence-electron chi connectivity index (χ1n) is 6.43. The van der Waals surface area contributed by atoms with E-state index in [2.05, 4.69) is 12.1 Å². The first kappa shape index (κ1) is 10.9. The van der Waals surface area contributed by atoms with Crippen molar-refractivity contribution in [3.05, 3.63) is 35.4 Å². The highest BCUT2D eigenvalue weighted by Gasteiger charge is 2.56. The SMILES string of the molecule is C[C@@]12CC[C@H]3OCc4ccccc4[C@]3(CO1)OO2. The molecule has 1 spiro atoms. The average molecular weight is 248 g/mol. The van der Waals surface area contributed by atoms with Crippen molar-refractivity contribution in [2.45, 2.75) is 43.9 Å². The van der Waals surface area contributed by atoms with E-state index in [1.165, 1.54) is 0 Å². The summed E-state index contributed by atoms with van der Waals surface area (Å²) in [6.07, 6.45) is 1.70. The van der Waals surface area contributed by atoms with Crippen LogP contribution < -0.4 is 0 Å². The molecule has 0 amide bonds. The summed E-state index contributed by atoms with van der Waals surface area (Å²) < 4.78 is 11.8. The van der Waals surface area contributed by atoms with Crippen molar-refractivity contribution in [3.8, 4) is 0 Å². The van der Waals surface area contributed by atoms with E-state index < -0.39 is 11.4 Å². The molecule has 1 aromatic carbocycles. The monoisotopic (exact) mass is 248 g/mol. The Morgan fingerprint density at radius 2 is 2.11 bits per heavy atom. The van der Waals surface area contributed by atoms with Gasteiger partial charge in [0.25, 0.3) is 0 Å². The molecule has 0 aromatic heterocycles. The van der Waals surface area contributed by atoms with E-state index in [1.54, 1.807) is 0 Å². The first-order chi connectivity index (χ1) is 8.72. The quantitative estimate of drug-likeness (QED) is 0.660. The van der Waals surface area contributed by atoms with Crippen LogP contribution in [0.15, 0.2) is 24.3 Å². The largest absolute Gasteiger partial charge is 0.370 e. The summed E-state index contributed by atoms with van der Waals surface area (Å²) in [4.78, 5) is 11.3. The van der Waals surface area contributed by atoms with Gasteiger partial charge in [-0.3, -0.25) is 0 Å². The first-order valence-corrected chi connectivity index (χ1v) is 6.43. The van der Waals surface area contributed by atoms with Gasteiger partial charge in [-0.05, 0) is 24.5 Å². The summed E-state index contributed by atoms with van der Waals surface area (Å²) >= 11 is 0. The highest BCUT2D eigenvalue weighted by molar-refractivity contribution is 5.35. The number of hydrogen-bond acceptors (Lipinski definition) is 4. The second-order valence-electron chi connectivity index (χ2n) is 5.47. The van der Waals surface area contributed by atoms with Gasteiger partial charge in [0, 0.05) is 6.42 Å². The molecule has 3 atom stereocenters. The van der Waals surface area contributed by atoms with E-state index in [0.29, 0.717) is 13.2 Å². The van der Waals surface area contributed by atoms with Crippen molar-refractivity contribution in [1.29, 1.82) is 0 Å². The molecule has 4 heterocycles. The maximum absolute atomic E-state index is 5.97. The van der Waals surface area contributed by atoms with Gasteiger partial charge in [-0.2, -0.15) is 0 Å². The minimum Gasteiger partial charge on any atom is -0.370 e. The summed E-state index contributed by atoms with van der Waals surface area (Å²) in [5, 5.41) is 0. The molecule has 3 fully saturated rings.